The lowest BCUT2D eigenvalue weighted by Crippen LogP contribution is -2.13. The van der Waals surface area contributed by atoms with Crippen molar-refractivity contribution in [1.29, 1.82) is 0 Å². The van der Waals surface area contributed by atoms with Crippen molar-refractivity contribution in [2.24, 2.45) is 0 Å². The normalized spacial score (nSPS) is 11.2. The van der Waals surface area contributed by atoms with Crippen molar-refractivity contribution in [3.8, 4) is 17.1 Å². The third-order valence-electron chi connectivity index (χ3n) is 4.17. The zero-order valence-corrected chi connectivity index (χ0v) is 16.5. The first-order chi connectivity index (χ1) is 14.5. The van der Waals surface area contributed by atoms with Crippen LogP contribution in [0.4, 0.5) is 10.2 Å². The Hall–Kier alpha value is -3.65. The highest BCUT2D eigenvalue weighted by molar-refractivity contribution is 7.92. The summed E-state index contributed by atoms with van der Waals surface area (Å²) in [6, 6.07) is 22.5. The number of hydrogen-bond acceptors (Lipinski definition) is 5. The number of hydrogen-bond donors (Lipinski definition) is 1. The van der Waals surface area contributed by atoms with Crippen LogP contribution < -0.4 is 9.46 Å². The number of halogens is 1. The fourth-order valence-corrected chi connectivity index (χ4v) is 3.77. The van der Waals surface area contributed by atoms with Gasteiger partial charge in [-0.3, -0.25) is 4.72 Å². The minimum Gasteiger partial charge on any atom is -0.484 e. The molecule has 1 N–H and O–H groups in total. The van der Waals surface area contributed by atoms with E-state index in [1.165, 1.54) is 36.4 Å². The van der Waals surface area contributed by atoms with Gasteiger partial charge in [0.25, 0.3) is 10.0 Å². The van der Waals surface area contributed by atoms with E-state index in [0.717, 1.165) is 0 Å². The van der Waals surface area contributed by atoms with Gasteiger partial charge in [-0.2, -0.15) is 4.98 Å². The number of rotatable bonds is 7. The molecule has 0 saturated carbocycles. The van der Waals surface area contributed by atoms with E-state index in [9.17, 15) is 12.8 Å². The summed E-state index contributed by atoms with van der Waals surface area (Å²) in [6.45, 7) is -0.0570. The fraction of sp³-hybridized carbons (Fsp3) is 0.0455. The highest BCUT2D eigenvalue weighted by Crippen LogP contribution is 2.31. The van der Waals surface area contributed by atoms with E-state index >= 15 is 0 Å². The molecule has 1 aromatic heterocycles. The van der Waals surface area contributed by atoms with Gasteiger partial charge in [0.2, 0.25) is 5.89 Å². The predicted molar refractivity (Wildman–Crippen MR) is 110 cm³/mol. The van der Waals surface area contributed by atoms with E-state index in [1.807, 2.05) is 18.2 Å². The van der Waals surface area contributed by atoms with Crippen LogP contribution in [0, 0.1) is 5.82 Å². The molecule has 0 aliphatic rings. The van der Waals surface area contributed by atoms with Gasteiger partial charge in [0, 0.05) is 5.56 Å². The van der Waals surface area contributed by atoms with E-state index in [-0.39, 0.29) is 34.8 Å². The van der Waals surface area contributed by atoms with E-state index in [4.69, 9.17) is 9.15 Å². The minimum absolute atomic E-state index is 0.0570. The first-order valence-electron chi connectivity index (χ1n) is 9.03. The number of aromatic nitrogens is 1. The lowest BCUT2D eigenvalue weighted by atomic mass is 10.2. The first-order valence-corrected chi connectivity index (χ1v) is 10.5. The van der Waals surface area contributed by atoms with Crippen molar-refractivity contribution >= 4 is 15.8 Å². The lowest BCUT2D eigenvalue weighted by Gasteiger charge is -2.06. The number of nitrogens with one attached hydrogen (secondary N) is 1. The second kappa shape index (κ2) is 8.38. The predicted octanol–water partition coefficient (Wildman–Crippen LogP) is 4.86. The van der Waals surface area contributed by atoms with Crippen molar-refractivity contribution < 1.29 is 22.0 Å². The molecule has 0 atom stereocenters. The zero-order chi connectivity index (χ0) is 21.0. The molecular formula is C22H17FN2O4S. The second-order valence-electron chi connectivity index (χ2n) is 6.31. The molecule has 0 amide bonds. The highest BCUT2D eigenvalue weighted by Gasteiger charge is 2.22. The number of sulfonamides is 1. The van der Waals surface area contributed by atoms with Gasteiger partial charge in [0.05, 0.1) is 4.90 Å². The van der Waals surface area contributed by atoms with Crippen LogP contribution in [0.25, 0.3) is 11.3 Å². The fourth-order valence-electron chi connectivity index (χ4n) is 2.74. The highest BCUT2D eigenvalue weighted by atomic mass is 32.2. The number of oxazole rings is 1. The van der Waals surface area contributed by atoms with E-state index in [1.54, 1.807) is 30.3 Å². The van der Waals surface area contributed by atoms with E-state index in [0.29, 0.717) is 11.3 Å². The third kappa shape index (κ3) is 4.49. The number of nitrogens with zero attached hydrogens (tertiary/aromatic N) is 1. The standard InChI is InChI=1S/C22H17FN2O4S/c23-17-11-13-18(14-12-17)28-15-20-24-22(21(29-20)16-7-3-1-4-8-16)25-30(26,27)19-9-5-2-6-10-19/h1-14,25H,15H2. The molecule has 0 spiro atoms. The molecule has 8 heteroatoms. The summed E-state index contributed by atoms with van der Waals surface area (Å²) in [5.41, 5.74) is 0.656. The van der Waals surface area contributed by atoms with Crippen LogP contribution in [0.3, 0.4) is 0 Å². The summed E-state index contributed by atoms with van der Waals surface area (Å²) in [7, 11) is -3.86. The number of benzene rings is 3. The summed E-state index contributed by atoms with van der Waals surface area (Å²) >= 11 is 0. The van der Waals surface area contributed by atoms with E-state index in [2.05, 4.69) is 9.71 Å². The molecule has 1 heterocycles. The molecule has 4 rings (SSSR count). The van der Waals surface area contributed by atoms with Gasteiger partial charge in [-0.1, -0.05) is 48.5 Å². The maximum Gasteiger partial charge on any atom is 0.263 e. The average molecular weight is 424 g/mol. The van der Waals surface area contributed by atoms with Crippen LogP contribution in [0.15, 0.2) is 94.2 Å². The van der Waals surface area contributed by atoms with Crippen molar-refractivity contribution in [3.05, 3.63) is 96.6 Å². The summed E-state index contributed by atoms with van der Waals surface area (Å²) in [5.74, 6) is 0.559. The summed E-state index contributed by atoms with van der Waals surface area (Å²) in [4.78, 5) is 4.38. The topological polar surface area (TPSA) is 81.4 Å². The maximum absolute atomic E-state index is 13.0. The van der Waals surface area contributed by atoms with Crippen LogP contribution in [-0.2, 0) is 16.6 Å². The Balaban J connectivity index is 1.63. The third-order valence-corrected chi connectivity index (χ3v) is 5.52. The first kappa shape index (κ1) is 19.7. The van der Waals surface area contributed by atoms with Crippen molar-refractivity contribution in [1.82, 2.24) is 4.98 Å². The average Bonchev–Trinajstić information content (AvgIpc) is 3.16. The molecule has 0 radical (unpaired) electrons. The van der Waals surface area contributed by atoms with Gasteiger partial charge in [0.1, 0.15) is 11.6 Å². The van der Waals surface area contributed by atoms with Gasteiger partial charge in [-0.15, -0.1) is 0 Å². The van der Waals surface area contributed by atoms with Crippen LogP contribution in [0.5, 0.6) is 5.75 Å². The molecule has 4 aromatic rings. The van der Waals surface area contributed by atoms with Crippen molar-refractivity contribution in [2.45, 2.75) is 11.5 Å². The Morgan fingerprint density at radius 1 is 0.900 bits per heavy atom. The van der Waals surface area contributed by atoms with Gasteiger partial charge >= 0.3 is 0 Å². The van der Waals surface area contributed by atoms with Crippen molar-refractivity contribution in [3.63, 3.8) is 0 Å². The molecule has 0 unspecified atom stereocenters. The van der Waals surface area contributed by atoms with Crippen molar-refractivity contribution in [2.75, 3.05) is 4.72 Å². The van der Waals surface area contributed by atoms with Crippen LogP contribution >= 0.6 is 0 Å². The molecule has 0 aliphatic heterocycles. The molecule has 30 heavy (non-hydrogen) atoms. The molecule has 0 saturated heterocycles. The lowest BCUT2D eigenvalue weighted by molar-refractivity contribution is 0.264. The SMILES string of the molecule is O=S(=O)(Nc1nc(COc2ccc(F)cc2)oc1-c1ccccc1)c1ccccc1. The number of ether oxygens (including phenoxy) is 1. The molecule has 0 bridgehead atoms. The molecular weight excluding hydrogens is 407 g/mol. The summed E-state index contributed by atoms with van der Waals surface area (Å²) < 4.78 is 52.4. The quantitative estimate of drug-likeness (QED) is 0.458. The van der Waals surface area contributed by atoms with Crippen LogP contribution in [0.2, 0.25) is 0 Å². The Morgan fingerprint density at radius 2 is 1.53 bits per heavy atom. The molecule has 0 aliphatic carbocycles. The minimum atomic E-state index is -3.86. The Labute approximate surface area is 173 Å². The molecule has 0 fully saturated rings. The van der Waals surface area contributed by atoms with E-state index < -0.39 is 10.0 Å². The molecule has 3 aromatic carbocycles. The van der Waals surface area contributed by atoms with Gasteiger partial charge in [0.15, 0.2) is 18.2 Å². The smallest absolute Gasteiger partial charge is 0.263 e. The second-order valence-corrected chi connectivity index (χ2v) is 7.99. The van der Waals surface area contributed by atoms with Gasteiger partial charge in [-0.25, -0.2) is 12.8 Å². The number of anilines is 1. The maximum atomic E-state index is 13.0. The van der Waals surface area contributed by atoms with Gasteiger partial charge in [-0.05, 0) is 36.4 Å². The Bertz CT molecular complexity index is 1230. The summed E-state index contributed by atoms with van der Waals surface area (Å²) in [5, 5.41) is 0. The zero-order valence-electron chi connectivity index (χ0n) is 15.7. The largest absolute Gasteiger partial charge is 0.484 e. The molecule has 6 nitrogen and oxygen atoms in total. The van der Waals surface area contributed by atoms with Crippen LogP contribution in [-0.4, -0.2) is 13.4 Å². The monoisotopic (exact) mass is 424 g/mol. The summed E-state index contributed by atoms with van der Waals surface area (Å²) in [6.07, 6.45) is 0. The van der Waals surface area contributed by atoms with Gasteiger partial charge < -0.3 is 9.15 Å². The molecule has 152 valence electrons. The Morgan fingerprint density at radius 3 is 2.20 bits per heavy atom. The Kier molecular flexibility index (Phi) is 5.49. The van der Waals surface area contributed by atoms with Crippen LogP contribution in [0.1, 0.15) is 5.89 Å².